The summed E-state index contributed by atoms with van der Waals surface area (Å²) in [6.07, 6.45) is 2.79. The van der Waals surface area contributed by atoms with Gasteiger partial charge >= 0.3 is 29.6 Å². The molecule has 10 heteroatoms. The van der Waals surface area contributed by atoms with Gasteiger partial charge < -0.3 is 30.0 Å². The van der Waals surface area contributed by atoms with E-state index in [2.05, 4.69) is 5.32 Å². The molecule has 2 saturated heterocycles. The quantitative estimate of drug-likeness (QED) is 0.295. The van der Waals surface area contributed by atoms with Gasteiger partial charge in [-0.1, -0.05) is 6.07 Å². The van der Waals surface area contributed by atoms with Crippen LogP contribution in [0, 0.1) is 0 Å². The number of amides is 2. The second-order valence-electron chi connectivity index (χ2n) is 6.83. The molecule has 2 amide bonds. The Bertz CT molecular complexity index is 843. The van der Waals surface area contributed by atoms with Crippen molar-refractivity contribution < 1.29 is 58.9 Å². The van der Waals surface area contributed by atoms with E-state index < -0.39 is 40.0 Å². The maximum absolute atomic E-state index is 12.3. The van der Waals surface area contributed by atoms with Crippen molar-refractivity contribution in [3.63, 3.8) is 0 Å². The summed E-state index contributed by atoms with van der Waals surface area (Å²) in [5, 5.41) is 23.1. The number of β-lactam (4-membered cyclic amide) rings is 1. The summed E-state index contributed by atoms with van der Waals surface area (Å²) in [5.74, 6) is -1.94. The first-order valence-electron chi connectivity index (χ1n) is 8.22. The number of nitrogens with zero attached hydrogens (tertiary/aromatic N) is 1. The molecule has 3 atom stereocenters. The molecule has 2 N–H and O–H groups in total. The number of carboxylic acid groups (broad SMARTS) is 1. The molecule has 28 heavy (non-hydrogen) atoms. The second-order valence-corrected chi connectivity index (χ2v) is 8.60. The molecule has 3 rings (SSSR count). The summed E-state index contributed by atoms with van der Waals surface area (Å²) in [4.78, 5) is 37.1. The number of hydrogen-bond donors (Lipinski definition) is 2. The maximum Gasteiger partial charge on any atom is 1.00 e. The number of phenolic OH excluding ortho intramolecular Hbond substituents is 1. The minimum absolute atomic E-state index is 0. The summed E-state index contributed by atoms with van der Waals surface area (Å²) in [5.41, 5.74) is 0.634. The summed E-state index contributed by atoms with van der Waals surface area (Å²) in [7, 11) is 1.42. The number of hydrogen-bond acceptors (Lipinski definition) is 7. The molecule has 144 valence electrons. The van der Waals surface area contributed by atoms with Gasteiger partial charge in [-0.05, 0) is 37.6 Å². The largest absolute Gasteiger partial charge is 1.00 e. The fourth-order valence-corrected chi connectivity index (χ4v) is 4.92. The third-order valence-electron chi connectivity index (χ3n) is 4.59. The Labute approximate surface area is 188 Å². The standard InChI is InChI=1S/C18H20N2O6S.Na/c1-18(2)14(17(24)25)20-15(23)13(16(20)27-18)19-12(22)7-5-9-4-6-10(21)11(8-9)26-3;/h4-8,13-14,16,21H,1-3H3,(H,19,22)(H,24,25);/q;+1/p-1/b7-5+;/t13-,14+,16-;/m1./s1. The van der Waals surface area contributed by atoms with Gasteiger partial charge in [0.15, 0.2) is 11.5 Å². The van der Waals surface area contributed by atoms with Gasteiger partial charge in [-0.2, -0.15) is 0 Å². The number of carbonyl (C=O) groups excluding carboxylic acids is 3. The van der Waals surface area contributed by atoms with Crippen LogP contribution < -0.4 is 44.7 Å². The van der Waals surface area contributed by atoms with E-state index >= 15 is 0 Å². The molecule has 0 radical (unpaired) electrons. The minimum Gasteiger partial charge on any atom is -0.548 e. The molecular formula is C18H19N2NaO6S. The minimum atomic E-state index is -1.30. The number of carbonyl (C=O) groups is 3. The zero-order valence-corrected chi connectivity index (χ0v) is 18.8. The van der Waals surface area contributed by atoms with Gasteiger partial charge in [-0.25, -0.2) is 0 Å². The molecule has 8 nitrogen and oxygen atoms in total. The van der Waals surface area contributed by atoms with Gasteiger partial charge in [0.25, 0.3) is 0 Å². The van der Waals surface area contributed by atoms with Crippen molar-refractivity contribution in [2.75, 3.05) is 7.11 Å². The van der Waals surface area contributed by atoms with E-state index in [1.165, 1.54) is 42.0 Å². The van der Waals surface area contributed by atoms with E-state index in [-0.39, 0.29) is 41.1 Å². The van der Waals surface area contributed by atoms with Gasteiger partial charge in [0, 0.05) is 10.8 Å². The number of thioether (sulfide) groups is 1. The van der Waals surface area contributed by atoms with Gasteiger partial charge in [-0.15, -0.1) is 11.8 Å². The van der Waals surface area contributed by atoms with Crippen LogP contribution in [0.25, 0.3) is 6.08 Å². The molecular weight excluding hydrogens is 395 g/mol. The van der Waals surface area contributed by atoms with Crippen LogP contribution in [0.3, 0.4) is 0 Å². The van der Waals surface area contributed by atoms with Crippen molar-refractivity contribution in [2.45, 2.75) is 36.1 Å². The average molecular weight is 414 g/mol. The zero-order valence-electron chi connectivity index (χ0n) is 16.0. The van der Waals surface area contributed by atoms with E-state index in [0.717, 1.165) is 0 Å². The van der Waals surface area contributed by atoms with Crippen LogP contribution in [0.15, 0.2) is 24.3 Å². The van der Waals surface area contributed by atoms with Crippen LogP contribution in [0.4, 0.5) is 0 Å². The van der Waals surface area contributed by atoms with Crippen LogP contribution in [-0.4, -0.2) is 57.1 Å². The van der Waals surface area contributed by atoms with Crippen molar-refractivity contribution in [1.82, 2.24) is 10.2 Å². The van der Waals surface area contributed by atoms with Gasteiger partial charge in [0.2, 0.25) is 11.8 Å². The fourth-order valence-electron chi connectivity index (χ4n) is 3.30. The third-order valence-corrected chi connectivity index (χ3v) is 6.16. The molecule has 0 spiro atoms. The van der Waals surface area contributed by atoms with Crippen LogP contribution >= 0.6 is 11.8 Å². The summed E-state index contributed by atoms with van der Waals surface area (Å²) in [6, 6.07) is 2.83. The SMILES string of the molecule is COc1cc(/C=C/C(=O)N[C@@H]2C(=O)N3[C@@H]2SC(C)(C)[C@@H]3C(=O)[O-])ccc1O.[Na+]. The first-order chi connectivity index (χ1) is 12.7. The van der Waals surface area contributed by atoms with Crippen LogP contribution in [-0.2, 0) is 14.4 Å². The Morgan fingerprint density at radius 2 is 2.07 bits per heavy atom. The Morgan fingerprint density at radius 1 is 1.39 bits per heavy atom. The van der Waals surface area contributed by atoms with E-state index in [4.69, 9.17) is 4.74 Å². The van der Waals surface area contributed by atoms with E-state index in [1.54, 1.807) is 26.0 Å². The fraction of sp³-hybridized carbons (Fsp3) is 0.389. The molecule has 0 aromatic heterocycles. The number of benzene rings is 1. The van der Waals surface area contributed by atoms with Gasteiger partial charge in [0.1, 0.15) is 11.4 Å². The van der Waals surface area contributed by atoms with Crippen molar-refractivity contribution in [1.29, 1.82) is 0 Å². The van der Waals surface area contributed by atoms with Crippen molar-refractivity contribution in [3.8, 4) is 11.5 Å². The second kappa shape index (κ2) is 8.36. The third kappa shape index (κ3) is 4.03. The molecule has 2 heterocycles. The molecule has 0 aliphatic carbocycles. The number of rotatable bonds is 5. The predicted molar refractivity (Wildman–Crippen MR) is 96.7 cm³/mol. The Hall–Kier alpha value is -1.68. The predicted octanol–water partition coefficient (Wildman–Crippen LogP) is -3.28. The number of aliphatic carboxylic acids is 1. The first-order valence-corrected chi connectivity index (χ1v) is 9.10. The van der Waals surface area contributed by atoms with Crippen LogP contribution in [0.1, 0.15) is 19.4 Å². The molecule has 1 aromatic carbocycles. The zero-order chi connectivity index (χ0) is 19.9. The average Bonchev–Trinajstić information content (AvgIpc) is 2.87. The number of aromatic hydroxyl groups is 1. The molecule has 0 saturated carbocycles. The molecule has 0 unspecified atom stereocenters. The van der Waals surface area contributed by atoms with Crippen molar-refractivity contribution in [3.05, 3.63) is 29.8 Å². The molecule has 2 aliphatic heterocycles. The topological polar surface area (TPSA) is 119 Å². The van der Waals surface area contributed by atoms with Gasteiger partial charge in [0.05, 0.1) is 19.1 Å². The van der Waals surface area contributed by atoms with E-state index in [9.17, 15) is 24.6 Å². The normalized spacial score (nSPS) is 24.9. The van der Waals surface area contributed by atoms with Gasteiger partial charge in [-0.3, -0.25) is 9.59 Å². The number of phenols is 1. The number of nitrogens with one attached hydrogen (secondary N) is 1. The number of methoxy groups -OCH3 is 1. The summed E-state index contributed by atoms with van der Waals surface area (Å²) < 4.78 is 4.31. The molecule has 0 bridgehead atoms. The number of carboxylic acids is 1. The van der Waals surface area contributed by atoms with Crippen molar-refractivity contribution in [2.24, 2.45) is 0 Å². The summed E-state index contributed by atoms with van der Waals surface area (Å²) >= 11 is 1.33. The summed E-state index contributed by atoms with van der Waals surface area (Å²) in [6.45, 7) is 3.47. The van der Waals surface area contributed by atoms with E-state index in [0.29, 0.717) is 5.56 Å². The van der Waals surface area contributed by atoms with Crippen molar-refractivity contribution >= 4 is 35.6 Å². The van der Waals surface area contributed by atoms with E-state index in [1.807, 2.05) is 0 Å². The molecule has 1 aromatic rings. The molecule has 2 aliphatic rings. The number of fused-ring (bicyclic) bond motifs is 1. The van der Waals surface area contributed by atoms with Crippen LogP contribution in [0.5, 0.6) is 11.5 Å². The first kappa shape index (κ1) is 22.6. The maximum atomic E-state index is 12.3. The smallest absolute Gasteiger partial charge is 0.548 e. The number of ether oxygens (including phenoxy) is 1. The van der Waals surface area contributed by atoms with Crippen LogP contribution in [0.2, 0.25) is 0 Å². The monoisotopic (exact) mass is 414 g/mol. The Balaban J connectivity index is 0.00000280. The Morgan fingerprint density at radius 3 is 2.68 bits per heavy atom. The molecule has 2 fully saturated rings. The Kier molecular flexibility index (Phi) is 6.75.